The van der Waals surface area contributed by atoms with E-state index in [1.807, 2.05) is 30.3 Å². The summed E-state index contributed by atoms with van der Waals surface area (Å²) in [6.07, 6.45) is 1.07. The zero-order valence-corrected chi connectivity index (χ0v) is 20.0. The largest absolute Gasteiger partial charge is 0.493 e. The number of anilines is 1. The maximum Gasteiger partial charge on any atom is 0.255 e. The summed E-state index contributed by atoms with van der Waals surface area (Å²) < 4.78 is 21.9. The van der Waals surface area contributed by atoms with E-state index < -0.39 is 0 Å². The molecule has 176 valence electrons. The Bertz CT molecular complexity index is 1290. The molecule has 0 saturated heterocycles. The van der Waals surface area contributed by atoms with Gasteiger partial charge in [-0.05, 0) is 66.4 Å². The molecular weight excluding hydrogens is 432 g/mol. The molecule has 0 spiro atoms. The molecule has 3 aromatic carbocycles. The minimum Gasteiger partial charge on any atom is -0.493 e. The van der Waals surface area contributed by atoms with Crippen molar-refractivity contribution in [2.24, 2.45) is 0 Å². The zero-order valence-electron chi connectivity index (χ0n) is 20.0. The Morgan fingerprint density at radius 1 is 0.971 bits per heavy atom. The van der Waals surface area contributed by atoms with Gasteiger partial charge in [-0.15, -0.1) is 0 Å². The zero-order chi connectivity index (χ0) is 24.2. The molecule has 4 aromatic rings. The van der Waals surface area contributed by atoms with Gasteiger partial charge in [0.2, 0.25) is 11.6 Å². The fourth-order valence-corrected chi connectivity index (χ4v) is 3.72. The smallest absolute Gasteiger partial charge is 0.255 e. The lowest BCUT2D eigenvalue weighted by Gasteiger charge is -2.14. The van der Waals surface area contributed by atoms with Gasteiger partial charge in [-0.3, -0.25) is 4.79 Å². The Kier molecular flexibility index (Phi) is 6.72. The summed E-state index contributed by atoms with van der Waals surface area (Å²) in [7, 11) is 4.53. The molecule has 1 aromatic heterocycles. The van der Waals surface area contributed by atoms with Crippen molar-refractivity contribution in [3.05, 3.63) is 65.7 Å². The number of amides is 1. The summed E-state index contributed by atoms with van der Waals surface area (Å²) in [5, 5.41) is 2.89. The van der Waals surface area contributed by atoms with Gasteiger partial charge in [0.1, 0.15) is 5.52 Å². The third-order valence-corrected chi connectivity index (χ3v) is 5.91. The van der Waals surface area contributed by atoms with Crippen molar-refractivity contribution >= 4 is 22.7 Å². The highest BCUT2D eigenvalue weighted by atomic mass is 16.5. The molecule has 0 radical (unpaired) electrons. The second-order valence-corrected chi connectivity index (χ2v) is 8.00. The van der Waals surface area contributed by atoms with Crippen LogP contribution >= 0.6 is 0 Å². The minimum atomic E-state index is -0.300. The number of rotatable bonds is 8. The van der Waals surface area contributed by atoms with Crippen LogP contribution in [-0.2, 0) is 0 Å². The van der Waals surface area contributed by atoms with Crippen molar-refractivity contribution in [3.8, 4) is 28.7 Å². The highest BCUT2D eigenvalue weighted by Gasteiger charge is 2.17. The number of nitrogens with one attached hydrogen (secondary N) is 1. The number of methoxy groups -OCH3 is 3. The maximum atomic E-state index is 12.8. The normalized spacial score (nSPS) is 11.8. The molecule has 0 aliphatic rings. The van der Waals surface area contributed by atoms with E-state index in [4.69, 9.17) is 18.6 Å². The van der Waals surface area contributed by atoms with Gasteiger partial charge in [0, 0.05) is 16.8 Å². The monoisotopic (exact) mass is 460 g/mol. The quantitative estimate of drug-likeness (QED) is 0.333. The number of benzene rings is 3. The summed E-state index contributed by atoms with van der Waals surface area (Å²) in [6, 6.07) is 16.7. The van der Waals surface area contributed by atoms with Crippen LogP contribution in [0.25, 0.3) is 22.6 Å². The molecule has 0 saturated carbocycles. The van der Waals surface area contributed by atoms with E-state index >= 15 is 0 Å². The number of ether oxygens (including phenoxy) is 3. The lowest BCUT2D eigenvalue weighted by molar-refractivity contribution is 0.102. The first-order valence-electron chi connectivity index (χ1n) is 11.1. The molecule has 1 N–H and O–H groups in total. The number of nitrogens with zero attached hydrogens (tertiary/aromatic N) is 1. The van der Waals surface area contributed by atoms with Crippen LogP contribution in [-0.4, -0.2) is 32.2 Å². The number of aromatic nitrogens is 1. The average molecular weight is 461 g/mol. The van der Waals surface area contributed by atoms with Crippen LogP contribution in [0.15, 0.2) is 59.0 Å². The molecule has 0 unspecified atom stereocenters. The summed E-state index contributed by atoms with van der Waals surface area (Å²) >= 11 is 0. The Morgan fingerprint density at radius 2 is 1.65 bits per heavy atom. The molecule has 7 heteroatoms. The number of hydrogen-bond donors (Lipinski definition) is 1. The van der Waals surface area contributed by atoms with Crippen molar-refractivity contribution in [1.82, 2.24) is 4.98 Å². The maximum absolute atomic E-state index is 12.8. The first-order valence-corrected chi connectivity index (χ1v) is 11.1. The van der Waals surface area contributed by atoms with E-state index in [0.29, 0.717) is 40.3 Å². The van der Waals surface area contributed by atoms with Crippen LogP contribution in [0.4, 0.5) is 5.69 Å². The van der Waals surface area contributed by atoms with Crippen molar-refractivity contribution in [3.63, 3.8) is 0 Å². The van der Waals surface area contributed by atoms with Crippen LogP contribution in [0.5, 0.6) is 17.2 Å². The van der Waals surface area contributed by atoms with Gasteiger partial charge in [-0.2, -0.15) is 0 Å². The first kappa shape index (κ1) is 23.2. The lowest BCUT2D eigenvalue weighted by Crippen LogP contribution is -2.12. The molecule has 7 nitrogen and oxygen atoms in total. The van der Waals surface area contributed by atoms with Gasteiger partial charge in [-0.1, -0.05) is 19.9 Å². The second kappa shape index (κ2) is 9.87. The van der Waals surface area contributed by atoms with E-state index in [9.17, 15) is 4.79 Å². The van der Waals surface area contributed by atoms with E-state index in [2.05, 4.69) is 36.3 Å². The number of carbonyl (C=O) groups excluding carboxylic acids is 1. The molecule has 1 atom stereocenters. The van der Waals surface area contributed by atoms with Crippen molar-refractivity contribution < 1.29 is 23.4 Å². The Hall–Kier alpha value is -4.00. The molecule has 0 aliphatic carbocycles. The SMILES string of the molecule is CC[C@@H](C)c1ccc2oc(-c3ccc(NC(=O)c4cc(OC)c(OC)c(OC)c4)cc3)nc2c1. The predicted octanol–water partition coefficient (Wildman–Crippen LogP) is 6.29. The third kappa shape index (κ3) is 4.55. The fraction of sp³-hybridized carbons (Fsp3) is 0.259. The molecule has 0 bridgehead atoms. The first-order chi connectivity index (χ1) is 16.5. The van der Waals surface area contributed by atoms with E-state index in [0.717, 1.165) is 23.1 Å². The van der Waals surface area contributed by atoms with Gasteiger partial charge in [0.15, 0.2) is 17.1 Å². The lowest BCUT2D eigenvalue weighted by atomic mass is 9.98. The Balaban J connectivity index is 1.54. The Morgan fingerprint density at radius 3 is 2.24 bits per heavy atom. The highest BCUT2D eigenvalue weighted by molar-refractivity contribution is 6.05. The third-order valence-electron chi connectivity index (χ3n) is 5.91. The van der Waals surface area contributed by atoms with E-state index in [1.54, 1.807) is 12.1 Å². The van der Waals surface area contributed by atoms with Crippen molar-refractivity contribution in [2.75, 3.05) is 26.6 Å². The van der Waals surface area contributed by atoms with Crippen LogP contribution in [0.3, 0.4) is 0 Å². The van der Waals surface area contributed by atoms with Crippen LogP contribution in [0, 0.1) is 0 Å². The number of hydrogen-bond acceptors (Lipinski definition) is 6. The van der Waals surface area contributed by atoms with Crippen LogP contribution in [0.1, 0.15) is 42.1 Å². The molecule has 4 rings (SSSR count). The number of carbonyl (C=O) groups is 1. The number of fused-ring (bicyclic) bond motifs is 1. The molecule has 0 aliphatic heterocycles. The summed E-state index contributed by atoms with van der Waals surface area (Å²) in [4.78, 5) is 17.5. The molecule has 34 heavy (non-hydrogen) atoms. The van der Waals surface area contributed by atoms with Gasteiger partial charge >= 0.3 is 0 Å². The van der Waals surface area contributed by atoms with Gasteiger partial charge < -0.3 is 23.9 Å². The molecule has 1 heterocycles. The molecule has 0 fully saturated rings. The van der Waals surface area contributed by atoms with Crippen molar-refractivity contribution in [1.29, 1.82) is 0 Å². The van der Waals surface area contributed by atoms with Gasteiger partial charge in [0.05, 0.1) is 21.3 Å². The predicted molar refractivity (Wildman–Crippen MR) is 132 cm³/mol. The highest BCUT2D eigenvalue weighted by Crippen LogP contribution is 2.38. The molecule has 1 amide bonds. The number of oxazole rings is 1. The molecular formula is C27H28N2O5. The van der Waals surface area contributed by atoms with Crippen molar-refractivity contribution in [2.45, 2.75) is 26.2 Å². The van der Waals surface area contributed by atoms with E-state index in [1.165, 1.54) is 26.9 Å². The summed E-state index contributed by atoms with van der Waals surface area (Å²) in [6.45, 7) is 4.37. The summed E-state index contributed by atoms with van der Waals surface area (Å²) in [5.41, 5.74) is 4.69. The minimum absolute atomic E-state index is 0.300. The van der Waals surface area contributed by atoms with Crippen LogP contribution in [0.2, 0.25) is 0 Å². The topological polar surface area (TPSA) is 82.8 Å². The standard InChI is InChI=1S/C27H28N2O5/c1-6-16(2)18-9-12-22-21(13-18)29-27(34-22)17-7-10-20(11-8-17)28-26(30)19-14-23(31-3)25(33-5)24(15-19)32-4/h7-16H,6H2,1-5H3,(H,28,30)/t16-/m1/s1. The van der Waals surface area contributed by atoms with Crippen LogP contribution < -0.4 is 19.5 Å². The van der Waals surface area contributed by atoms with Gasteiger partial charge in [-0.25, -0.2) is 4.98 Å². The van der Waals surface area contributed by atoms with Gasteiger partial charge in [0.25, 0.3) is 5.91 Å². The van der Waals surface area contributed by atoms with E-state index in [-0.39, 0.29) is 5.91 Å². The fourth-order valence-electron chi connectivity index (χ4n) is 3.72. The Labute approximate surface area is 198 Å². The summed E-state index contributed by atoms with van der Waals surface area (Å²) in [5.74, 6) is 1.97. The average Bonchev–Trinajstić information content (AvgIpc) is 3.31. The second-order valence-electron chi connectivity index (χ2n) is 8.00.